The Bertz CT molecular complexity index is 534. The van der Waals surface area contributed by atoms with E-state index in [0.717, 1.165) is 17.7 Å². The van der Waals surface area contributed by atoms with Gasteiger partial charge in [-0.15, -0.1) is 11.3 Å². The topological polar surface area (TPSA) is 57.6 Å². The Kier molecular flexibility index (Phi) is 3.32. The minimum absolute atomic E-state index is 0.0804. The molecule has 4 nitrogen and oxygen atoms in total. The van der Waals surface area contributed by atoms with Gasteiger partial charge in [0.2, 0.25) is 0 Å². The van der Waals surface area contributed by atoms with Gasteiger partial charge in [0, 0.05) is 18.0 Å². The third-order valence-corrected chi connectivity index (χ3v) is 5.85. The Morgan fingerprint density at radius 2 is 2.00 bits per heavy atom. The predicted molar refractivity (Wildman–Crippen MR) is 77.2 cm³/mol. The molecule has 1 N–H and O–H groups in total. The summed E-state index contributed by atoms with van der Waals surface area (Å²) < 4.78 is 0. The Balaban J connectivity index is 1.68. The van der Waals surface area contributed by atoms with E-state index in [-0.39, 0.29) is 5.91 Å². The standard InChI is InChI=1S/C15H19NO3S/c1-15(14(18)19)5-7-16(8-6-15)13(17)12-9-10-3-2-4-11(10)20-12/h9H,2-8H2,1H3,(H,18,19). The number of aliphatic carboxylic acids is 1. The first-order chi connectivity index (χ1) is 9.49. The van der Waals surface area contributed by atoms with Crippen LogP contribution in [0.15, 0.2) is 6.07 Å². The molecule has 0 unspecified atom stereocenters. The van der Waals surface area contributed by atoms with Crippen molar-refractivity contribution < 1.29 is 14.7 Å². The zero-order valence-corrected chi connectivity index (χ0v) is 12.5. The molecule has 1 aliphatic heterocycles. The second kappa shape index (κ2) is 4.88. The fraction of sp³-hybridized carbons (Fsp3) is 0.600. The number of carboxylic acids is 1. The summed E-state index contributed by atoms with van der Waals surface area (Å²) >= 11 is 1.62. The molecule has 108 valence electrons. The van der Waals surface area contributed by atoms with Gasteiger partial charge in [0.25, 0.3) is 5.91 Å². The molecule has 1 saturated heterocycles. The van der Waals surface area contributed by atoms with Gasteiger partial charge in [0.1, 0.15) is 0 Å². The highest BCUT2D eigenvalue weighted by Gasteiger charge is 2.38. The fourth-order valence-electron chi connectivity index (χ4n) is 3.01. The van der Waals surface area contributed by atoms with Crippen LogP contribution in [-0.2, 0) is 17.6 Å². The number of aryl methyl sites for hydroxylation is 2. The lowest BCUT2D eigenvalue weighted by Gasteiger charge is -2.36. The van der Waals surface area contributed by atoms with Gasteiger partial charge in [0.05, 0.1) is 10.3 Å². The van der Waals surface area contributed by atoms with Gasteiger partial charge in [-0.05, 0) is 50.7 Å². The number of carbonyl (C=O) groups is 2. The number of hydrogen-bond donors (Lipinski definition) is 1. The highest BCUT2D eigenvalue weighted by atomic mass is 32.1. The van der Waals surface area contributed by atoms with Crippen molar-refractivity contribution in [1.82, 2.24) is 4.90 Å². The number of carbonyl (C=O) groups excluding carboxylic acids is 1. The minimum Gasteiger partial charge on any atom is -0.481 e. The summed E-state index contributed by atoms with van der Waals surface area (Å²) in [5, 5.41) is 9.22. The maximum Gasteiger partial charge on any atom is 0.309 e. The largest absolute Gasteiger partial charge is 0.481 e. The van der Waals surface area contributed by atoms with E-state index >= 15 is 0 Å². The van der Waals surface area contributed by atoms with Crippen molar-refractivity contribution in [2.24, 2.45) is 5.41 Å². The van der Waals surface area contributed by atoms with Crippen LogP contribution >= 0.6 is 11.3 Å². The number of rotatable bonds is 2. The van der Waals surface area contributed by atoms with E-state index in [2.05, 4.69) is 0 Å². The predicted octanol–water partition coefficient (Wildman–Crippen LogP) is 2.56. The molecule has 0 atom stereocenters. The zero-order valence-electron chi connectivity index (χ0n) is 11.6. The van der Waals surface area contributed by atoms with Crippen LogP contribution in [0.25, 0.3) is 0 Å². The molecule has 1 aliphatic carbocycles. The molecular weight excluding hydrogens is 274 g/mol. The van der Waals surface area contributed by atoms with Gasteiger partial charge in [-0.1, -0.05) is 0 Å². The van der Waals surface area contributed by atoms with Crippen LogP contribution < -0.4 is 0 Å². The lowest BCUT2D eigenvalue weighted by molar-refractivity contribution is -0.150. The van der Waals surface area contributed by atoms with Gasteiger partial charge in [0.15, 0.2) is 0 Å². The second-order valence-electron chi connectivity index (χ2n) is 6.07. The number of hydrogen-bond acceptors (Lipinski definition) is 3. The quantitative estimate of drug-likeness (QED) is 0.911. The Labute approximate surface area is 122 Å². The summed E-state index contributed by atoms with van der Waals surface area (Å²) in [6, 6.07) is 2.04. The van der Waals surface area contributed by atoms with Crippen molar-refractivity contribution in [2.75, 3.05) is 13.1 Å². The molecule has 0 aromatic carbocycles. The van der Waals surface area contributed by atoms with Gasteiger partial charge >= 0.3 is 5.97 Å². The lowest BCUT2D eigenvalue weighted by atomic mass is 9.80. The van der Waals surface area contributed by atoms with E-state index < -0.39 is 11.4 Å². The summed E-state index contributed by atoms with van der Waals surface area (Å²) in [5.74, 6) is -0.670. The monoisotopic (exact) mass is 293 g/mol. The number of fused-ring (bicyclic) bond motifs is 1. The first-order valence-electron chi connectivity index (χ1n) is 7.14. The molecule has 1 aromatic rings. The molecule has 2 aliphatic rings. The zero-order chi connectivity index (χ0) is 14.3. The van der Waals surface area contributed by atoms with Crippen LogP contribution in [0.1, 0.15) is 46.3 Å². The molecule has 0 spiro atoms. The average molecular weight is 293 g/mol. The molecule has 0 saturated carbocycles. The number of likely N-dealkylation sites (tertiary alicyclic amines) is 1. The van der Waals surface area contributed by atoms with Gasteiger partial charge in [-0.25, -0.2) is 0 Å². The number of nitrogens with zero attached hydrogens (tertiary/aromatic N) is 1. The molecule has 1 amide bonds. The molecule has 1 fully saturated rings. The molecule has 0 radical (unpaired) electrons. The van der Waals surface area contributed by atoms with E-state index in [9.17, 15) is 14.7 Å². The summed E-state index contributed by atoms with van der Waals surface area (Å²) in [5.41, 5.74) is 0.666. The first kappa shape index (κ1) is 13.6. The highest BCUT2D eigenvalue weighted by Crippen LogP contribution is 2.34. The normalized spacial score (nSPS) is 20.8. The SMILES string of the molecule is CC1(C(=O)O)CCN(C(=O)c2cc3c(s2)CCC3)CC1. The molecule has 20 heavy (non-hydrogen) atoms. The van der Waals surface area contributed by atoms with Crippen molar-refractivity contribution in [3.05, 3.63) is 21.4 Å². The number of amides is 1. The summed E-state index contributed by atoms with van der Waals surface area (Å²) in [6.45, 7) is 2.87. The van der Waals surface area contributed by atoms with Gasteiger partial charge in [-0.3, -0.25) is 9.59 Å². The number of carboxylic acid groups (broad SMARTS) is 1. The van der Waals surface area contributed by atoms with Gasteiger partial charge < -0.3 is 10.0 Å². The van der Waals surface area contributed by atoms with Crippen LogP contribution in [0.4, 0.5) is 0 Å². The van der Waals surface area contributed by atoms with Crippen LogP contribution in [-0.4, -0.2) is 35.0 Å². The second-order valence-corrected chi connectivity index (χ2v) is 7.21. The summed E-state index contributed by atoms with van der Waals surface area (Å²) in [6.07, 6.45) is 4.48. The molecule has 0 bridgehead atoms. The Morgan fingerprint density at radius 1 is 1.30 bits per heavy atom. The van der Waals surface area contributed by atoms with E-state index in [0.29, 0.717) is 25.9 Å². The molecule has 1 aromatic heterocycles. The maximum absolute atomic E-state index is 12.5. The smallest absolute Gasteiger partial charge is 0.309 e. The molecular formula is C15H19NO3S. The van der Waals surface area contributed by atoms with Crippen molar-refractivity contribution in [2.45, 2.75) is 39.0 Å². The third-order valence-electron chi connectivity index (χ3n) is 4.63. The van der Waals surface area contributed by atoms with Crippen molar-refractivity contribution in [1.29, 1.82) is 0 Å². The summed E-state index contributed by atoms with van der Waals surface area (Å²) in [7, 11) is 0. The highest BCUT2D eigenvalue weighted by molar-refractivity contribution is 7.14. The van der Waals surface area contributed by atoms with E-state index in [4.69, 9.17) is 0 Å². The van der Waals surface area contributed by atoms with E-state index in [1.807, 2.05) is 11.0 Å². The average Bonchev–Trinajstić information content (AvgIpc) is 2.99. The van der Waals surface area contributed by atoms with E-state index in [1.54, 1.807) is 18.3 Å². The molecule has 2 heterocycles. The van der Waals surface area contributed by atoms with Crippen molar-refractivity contribution >= 4 is 23.2 Å². The first-order valence-corrected chi connectivity index (χ1v) is 7.95. The van der Waals surface area contributed by atoms with Gasteiger partial charge in [-0.2, -0.15) is 0 Å². The summed E-state index contributed by atoms with van der Waals surface area (Å²) in [4.78, 5) is 27.7. The van der Waals surface area contributed by atoms with E-state index in [1.165, 1.54) is 16.9 Å². The Morgan fingerprint density at radius 3 is 2.60 bits per heavy atom. The molecule has 5 heteroatoms. The van der Waals surface area contributed by atoms with Crippen LogP contribution in [0, 0.1) is 5.41 Å². The Hall–Kier alpha value is -1.36. The lowest BCUT2D eigenvalue weighted by Crippen LogP contribution is -2.45. The minimum atomic E-state index is -0.750. The van der Waals surface area contributed by atoms with Crippen LogP contribution in [0.3, 0.4) is 0 Å². The van der Waals surface area contributed by atoms with Crippen LogP contribution in [0.2, 0.25) is 0 Å². The number of piperidine rings is 1. The fourth-order valence-corrected chi connectivity index (χ4v) is 4.23. The van der Waals surface area contributed by atoms with Crippen molar-refractivity contribution in [3.63, 3.8) is 0 Å². The van der Waals surface area contributed by atoms with Crippen molar-refractivity contribution in [3.8, 4) is 0 Å². The third kappa shape index (κ3) is 2.24. The van der Waals surface area contributed by atoms with Crippen LogP contribution in [0.5, 0.6) is 0 Å². The molecule has 3 rings (SSSR count). The maximum atomic E-state index is 12.5. The number of thiophene rings is 1.